The minimum absolute atomic E-state index is 0.0492. The van der Waals surface area contributed by atoms with Crippen molar-refractivity contribution in [2.24, 2.45) is 11.8 Å². The van der Waals surface area contributed by atoms with Crippen molar-refractivity contribution in [2.45, 2.75) is 112 Å². The minimum Gasteiger partial charge on any atom is -0.460 e. The lowest BCUT2D eigenvalue weighted by Gasteiger charge is -2.42. The molecule has 5 heteroatoms. The Morgan fingerprint density at radius 1 is 1.00 bits per heavy atom. The molecule has 0 aromatic heterocycles. The lowest BCUT2D eigenvalue weighted by Crippen LogP contribution is -2.47. The van der Waals surface area contributed by atoms with Crippen LogP contribution in [0, 0.1) is 11.8 Å². The average molecular weight is 491 g/mol. The number of allylic oxidation sites excluding steroid dienone is 1. The number of esters is 1. The van der Waals surface area contributed by atoms with Gasteiger partial charge in [-0.2, -0.15) is 0 Å². The summed E-state index contributed by atoms with van der Waals surface area (Å²) in [5.41, 5.74) is 1.93. The summed E-state index contributed by atoms with van der Waals surface area (Å²) in [4.78, 5) is 12.1. The number of carbonyl (C=O) groups excluding carboxylic acids is 1. The van der Waals surface area contributed by atoms with Gasteiger partial charge in [-0.05, 0) is 63.7 Å². The van der Waals surface area contributed by atoms with Gasteiger partial charge in [0, 0.05) is 12.3 Å². The number of hydrogen-bond donors (Lipinski definition) is 0. The van der Waals surface area contributed by atoms with Crippen LogP contribution in [0.3, 0.4) is 0 Å². The Morgan fingerprint density at radius 2 is 1.59 bits per heavy atom. The van der Waals surface area contributed by atoms with Gasteiger partial charge in [-0.3, -0.25) is 4.79 Å². The predicted octanol–water partition coefficient (Wildman–Crippen LogP) is 7.93. The smallest absolute Gasteiger partial charge is 0.306 e. The van der Waals surface area contributed by atoms with Crippen LogP contribution in [0.15, 0.2) is 42.0 Å². The van der Waals surface area contributed by atoms with Crippen molar-refractivity contribution in [3.05, 3.63) is 47.5 Å². The van der Waals surface area contributed by atoms with Crippen LogP contribution in [-0.2, 0) is 25.3 Å². The third kappa shape index (κ3) is 11.3. The zero-order chi connectivity index (χ0) is 26.2. The van der Waals surface area contributed by atoms with Crippen LogP contribution < -0.4 is 0 Å². The summed E-state index contributed by atoms with van der Waals surface area (Å²) in [5, 5.41) is 0.130. The summed E-state index contributed by atoms with van der Waals surface area (Å²) >= 11 is 0. The Hall–Kier alpha value is -1.43. The second-order valence-electron chi connectivity index (χ2n) is 12.3. The molecule has 3 atom stereocenters. The van der Waals surface area contributed by atoms with Gasteiger partial charge in [0.05, 0.1) is 19.3 Å². The van der Waals surface area contributed by atoms with E-state index in [4.69, 9.17) is 13.9 Å². The molecule has 0 unspecified atom stereocenters. The van der Waals surface area contributed by atoms with E-state index in [0.29, 0.717) is 26.1 Å². The summed E-state index contributed by atoms with van der Waals surface area (Å²) in [7, 11) is -1.97. The van der Waals surface area contributed by atoms with E-state index in [1.807, 2.05) is 39.0 Å². The molecule has 0 aliphatic carbocycles. The lowest BCUT2D eigenvalue weighted by molar-refractivity contribution is -0.154. The highest BCUT2D eigenvalue weighted by Crippen LogP contribution is 2.39. The molecule has 0 saturated carbocycles. The second kappa shape index (κ2) is 13.0. The fourth-order valence-electron chi connectivity index (χ4n) is 3.61. The summed E-state index contributed by atoms with van der Waals surface area (Å²) in [6.45, 7) is 25.0. The Morgan fingerprint density at radius 3 is 2.12 bits per heavy atom. The number of hydrogen-bond acceptors (Lipinski definition) is 4. The standard InChI is InChI=1S/C29H50O4Si/c1-22(17-18-26(30)32-28(4,5)6)19-23(2)27(33-34(10,11)29(7,8)9)24(3)20-31-21-25-15-13-12-14-16-25/h12-16,19,23-24,27H,17-18,20-21H2,1-11H3/b22-19+/t23-,24-,27+/m0/s1. The van der Waals surface area contributed by atoms with E-state index < -0.39 is 13.9 Å². The van der Waals surface area contributed by atoms with Crippen molar-refractivity contribution < 1.29 is 18.7 Å². The number of ether oxygens (including phenoxy) is 2. The molecule has 0 spiro atoms. The van der Waals surface area contributed by atoms with Crippen molar-refractivity contribution in [3.8, 4) is 0 Å². The molecule has 0 N–H and O–H groups in total. The van der Waals surface area contributed by atoms with E-state index in [9.17, 15) is 4.79 Å². The molecular formula is C29H50O4Si. The first-order chi connectivity index (χ1) is 15.5. The molecule has 0 fully saturated rings. The van der Waals surface area contributed by atoms with E-state index in [0.717, 1.165) is 0 Å². The number of carbonyl (C=O) groups is 1. The van der Waals surface area contributed by atoms with E-state index >= 15 is 0 Å². The summed E-state index contributed by atoms with van der Waals surface area (Å²) in [6, 6.07) is 10.3. The fourth-order valence-corrected chi connectivity index (χ4v) is 5.09. The van der Waals surface area contributed by atoms with Crippen LogP contribution in [0.5, 0.6) is 0 Å². The van der Waals surface area contributed by atoms with Crippen LogP contribution >= 0.6 is 0 Å². The van der Waals surface area contributed by atoms with Gasteiger partial charge in [0.15, 0.2) is 8.32 Å². The molecule has 0 radical (unpaired) electrons. The highest BCUT2D eigenvalue weighted by molar-refractivity contribution is 6.74. The van der Waals surface area contributed by atoms with Crippen LogP contribution in [0.1, 0.15) is 80.7 Å². The highest BCUT2D eigenvalue weighted by Gasteiger charge is 2.41. The average Bonchev–Trinajstić information content (AvgIpc) is 2.69. The van der Waals surface area contributed by atoms with E-state index in [1.165, 1.54) is 11.1 Å². The second-order valence-corrected chi connectivity index (χ2v) is 17.0. The van der Waals surface area contributed by atoms with Gasteiger partial charge in [0.25, 0.3) is 0 Å². The Balaban J connectivity index is 2.88. The number of benzene rings is 1. The molecule has 0 bridgehead atoms. The molecule has 34 heavy (non-hydrogen) atoms. The maximum absolute atomic E-state index is 12.1. The third-order valence-electron chi connectivity index (χ3n) is 6.50. The van der Waals surface area contributed by atoms with Crippen molar-refractivity contribution in [1.82, 2.24) is 0 Å². The van der Waals surface area contributed by atoms with Crippen molar-refractivity contribution in [2.75, 3.05) is 6.61 Å². The van der Waals surface area contributed by atoms with Gasteiger partial charge >= 0.3 is 5.97 Å². The first-order valence-corrected chi connectivity index (χ1v) is 15.6. The molecule has 0 aliphatic heterocycles. The third-order valence-corrected chi connectivity index (χ3v) is 11.0. The van der Waals surface area contributed by atoms with Gasteiger partial charge in [0.2, 0.25) is 0 Å². The van der Waals surface area contributed by atoms with Gasteiger partial charge in [-0.25, -0.2) is 0 Å². The number of rotatable bonds is 12. The quantitative estimate of drug-likeness (QED) is 0.169. The van der Waals surface area contributed by atoms with Crippen LogP contribution in [0.25, 0.3) is 0 Å². The monoisotopic (exact) mass is 490 g/mol. The summed E-state index contributed by atoms with van der Waals surface area (Å²) in [6.07, 6.45) is 3.42. The van der Waals surface area contributed by atoms with Gasteiger partial charge in [0.1, 0.15) is 5.60 Å². The molecule has 1 aromatic rings. The topological polar surface area (TPSA) is 44.8 Å². The van der Waals surface area contributed by atoms with Gasteiger partial charge < -0.3 is 13.9 Å². The SMILES string of the molecule is C/C(=C\[C@H](C)[C@@H](O[Si](C)(C)C(C)(C)C)[C@@H](C)COCc1ccccc1)CCC(=O)OC(C)(C)C. The predicted molar refractivity (Wildman–Crippen MR) is 145 cm³/mol. The summed E-state index contributed by atoms with van der Waals surface area (Å²) in [5.74, 6) is 0.301. The molecule has 1 rings (SSSR count). The first-order valence-electron chi connectivity index (χ1n) is 12.7. The van der Waals surface area contributed by atoms with Crippen LogP contribution in [0.2, 0.25) is 18.1 Å². The van der Waals surface area contributed by atoms with Crippen molar-refractivity contribution in [3.63, 3.8) is 0 Å². The summed E-state index contributed by atoms with van der Waals surface area (Å²) < 4.78 is 18.5. The van der Waals surface area contributed by atoms with E-state index in [-0.39, 0.29) is 28.9 Å². The maximum atomic E-state index is 12.1. The zero-order valence-corrected chi connectivity index (χ0v) is 24.7. The van der Waals surface area contributed by atoms with Crippen LogP contribution in [-0.4, -0.2) is 32.6 Å². The Kier molecular flexibility index (Phi) is 11.7. The molecule has 4 nitrogen and oxygen atoms in total. The molecular weight excluding hydrogens is 440 g/mol. The van der Waals surface area contributed by atoms with Crippen molar-refractivity contribution in [1.29, 1.82) is 0 Å². The Bertz CT molecular complexity index is 772. The molecule has 0 aliphatic rings. The fraction of sp³-hybridized carbons (Fsp3) is 0.690. The molecule has 0 amide bonds. The van der Waals surface area contributed by atoms with Gasteiger partial charge in [-0.1, -0.05) is 76.6 Å². The lowest BCUT2D eigenvalue weighted by atomic mass is 9.91. The van der Waals surface area contributed by atoms with E-state index in [2.05, 4.69) is 72.8 Å². The molecule has 0 saturated heterocycles. The van der Waals surface area contributed by atoms with E-state index in [1.54, 1.807) is 0 Å². The Labute approximate surface area is 210 Å². The molecule has 194 valence electrons. The van der Waals surface area contributed by atoms with Crippen LogP contribution in [0.4, 0.5) is 0 Å². The molecule has 1 aromatic carbocycles. The van der Waals surface area contributed by atoms with Gasteiger partial charge in [-0.15, -0.1) is 0 Å². The maximum Gasteiger partial charge on any atom is 0.306 e. The van der Waals surface area contributed by atoms with Crippen molar-refractivity contribution >= 4 is 14.3 Å². The molecule has 0 heterocycles. The minimum atomic E-state index is -1.97. The zero-order valence-electron chi connectivity index (χ0n) is 23.7. The first kappa shape index (κ1) is 30.6. The largest absolute Gasteiger partial charge is 0.460 e. The normalized spacial score (nSPS) is 16.1. The highest BCUT2D eigenvalue weighted by atomic mass is 28.4.